The summed E-state index contributed by atoms with van der Waals surface area (Å²) in [6.45, 7) is 2.22. The average Bonchev–Trinajstić information content (AvgIpc) is 2.43. The van der Waals surface area contributed by atoms with Crippen LogP contribution in [-0.2, 0) is 0 Å². The Morgan fingerprint density at radius 2 is 2.11 bits per heavy atom. The van der Waals surface area contributed by atoms with E-state index in [4.69, 9.17) is 4.74 Å². The van der Waals surface area contributed by atoms with Crippen molar-refractivity contribution in [3.8, 4) is 5.75 Å². The Labute approximate surface area is 113 Å². The van der Waals surface area contributed by atoms with Crippen molar-refractivity contribution in [2.24, 2.45) is 5.92 Å². The molecule has 3 nitrogen and oxygen atoms in total. The molecule has 100 valence electrons. The number of aliphatic hydroxyl groups is 1. The smallest absolute Gasteiger partial charge is 0.129 e. The summed E-state index contributed by atoms with van der Waals surface area (Å²) in [5, 5.41) is 11.1. The lowest BCUT2D eigenvalue weighted by Crippen LogP contribution is -2.37. The SMILES string of the molecule is CC1CCC(O)C(Oc2cccc3ncccc23)C1. The minimum Gasteiger partial charge on any atom is -0.487 e. The van der Waals surface area contributed by atoms with Gasteiger partial charge in [0.2, 0.25) is 0 Å². The number of hydrogen-bond acceptors (Lipinski definition) is 3. The zero-order valence-corrected chi connectivity index (χ0v) is 11.1. The molecule has 1 N–H and O–H groups in total. The molecule has 1 aliphatic rings. The van der Waals surface area contributed by atoms with Gasteiger partial charge in [-0.05, 0) is 49.4 Å². The van der Waals surface area contributed by atoms with E-state index in [1.165, 1.54) is 0 Å². The first-order chi connectivity index (χ1) is 9.24. The Morgan fingerprint density at radius 3 is 3.00 bits per heavy atom. The Hall–Kier alpha value is -1.61. The molecule has 0 spiro atoms. The Morgan fingerprint density at radius 1 is 1.21 bits per heavy atom. The third-order valence-electron chi connectivity index (χ3n) is 3.90. The van der Waals surface area contributed by atoms with Crippen LogP contribution in [0.1, 0.15) is 26.2 Å². The third kappa shape index (κ3) is 2.56. The number of ether oxygens (including phenoxy) is 1. The van der Waals surface area contributed by atoms with Crippen molar-refractivity contribution >= 4 is 10.9 Å². The van der Waals surface area contributed by atoms with Crippen LogP contribution in [0.5, 0.6) is 5.75 Å². The second kappa shape index (κ2) is 5.17. The number of pyridine rings is 1. The fraction of sp³-hybridized carbons (Fsp3) is 0.438. The summed E-state index contributed by atoms with van der Waals surface area (Å²) >= 11 is 0. The van der Waals surface area contributed by atoms with Gasteiger partial charge in [0.15, 0.2) is 0 Å². The zero-order valence-electron chi connectivity index (χ0n) is 11.1. The average molecular weight is 257 g/mol. The minimum atomic E-state index is -0.358. The highest BCUT2D eigenvalue weighted by Gasteiger charge is 2.28. The summed E-state index contributed by atoms with van der Waals surface area (Å²) < 4.78 is 6.06. The fourth-order valence-electron chi connectivity index (χ4n) is 2.78. The van der Waals surface area contributed by atoms with Crippen molar-refractivity contribution in [1.29, 1.82) is 0 Å². The molecule has 2 aromatic rings. The lowest BCUT2D eigenvalue weighted by atomic mass is 9.86. The van der Waals surface area contributed by atoms with E-state index in [1.807, 2.05) is 30.3 Å². The van der Waals surface area contributed by atoms with Gasteiger partial charge in [0, 0.05) is 11.6 Å². The summed E-state index contributed by atoms with van der Waals surface area (Å²) in [6, 6.07) is 9.80. The largest absolute Gasteiger partial charge is 0.487 e. The molecule has 0 radical (unpaired) electrons. The van der Waals surface area contributed by atoms with Gasteiger partial charge in [-0.25, -0.2) is 0 Å². The topological polar surface area (TPSA) is 42.4 Å². The highest BCUT2D eigenvalue weighted by Crippen LogP contribution is 2.31. The molecule has 0 saturated heterocycles. The molecule has 3 rings (SSSR count). The number of nitrogens with zero attached hydrogens (tertiary/aromatic N) is 1. The van der Waals surface area contributed by atoms with Gasteiger partial charge >= 0.3 is 0 Å². The van der Waals surface area contributed by atoms with Gasteiger partial charge in [-0.15, -0.1) is 0 Å². The van der Waals surface area contributed by atoms with Gasteiger partial charge in [-0.1, -0.05) is 13.0 Å². The van der Waals surface area contributed by atoms with Crippen LogP contribution < -0.4 is 4.74 Å². The van der Waals surface area contributed by atoms with Crippen LogP contribution in [0.4, 0.5) is 0 Å². The van der Waals surface area contributed by atoms with Crippen molar-refractivity contribution in [3.05, 3.63) is 36.5 Å². The predicted molar refractivity (Wildman–Crippen MR) is 75.2 cm³/mol. The minimum absolute atomic E-state index is 0.102. The van der Waals surface area contributed by atoms with E-state index < -0.39 is 0 Å². The summed E-state index contributed by atoms with van der Waals surface area (Å²) in [5.74, 6) is 1.44. The van der Waals surface area contributed by atoms with E-state index in [0.29, 0.717) is 5.92 Å². The van der Waals surface area contributed by atoms with Gasteiger partial charge in [-0.3, -0.25) is 4.98 Å². The fourth-order valence-corrected chi connectivity index (χ4v) is 2.78. The van der Waals surface area contributed by atoms with E-state index in [0.717, 1.165) is 35.9 Å². The monoisotopic (exact) mass is 257 g/mol. The molecule has 1 aliphatic carbocycles. The first-order valence-electron chi connectivity index (χ1n) is 6.92. The number of hydrogen-bond donors (Lipinski definition) is 1. The molecule has 3 unspecified atom stereocenters. The van der Waals surface area contributed by atoms with Crippen LogP contribution in [0.2, 0.25) is 0 Å². The summed E-state index contributed by atoms with van der Waals surface area (Å²) in [5.41, 5.74) is 0.929. The Kier molecular flexibility index (Phi) is 3.38. The van der Waals surface area contributed by atoms with Crippen LogP contribution in [0, 0.1) is 5.92 Å². The lowest BCUT2D eigenvalue weighted by Gasteiger charge is -2.32. The molecule has 0 aliphatic heterocycles. The van der Waals surface area contributed by atoms with E-state index in [9.17, 15) is 5.11 Å². The van der Waals surface area contributed by atoms with Gasteiger partial charge in [0.05, 0.1) is 11.6 Å². The third-order valence-corrected chi connectivity index (χ3v) is 3.90. The molecule has 1 heterocycles. The highest BCUT2D eigenvalue weighted by molar-refractivity contribution is 5.84. The normalized spacial score (nSPS) is 27.4. The van der Waals surface area contributed by atoms with Crippen LogP contribution >= 0.6 is 0 Å². The highest BCUT2D eigenvalue weighted by atomic mass is 16.5. The standard InChI is InChI=1S/C16H19NO2/c1-11-7-8-14(18)16(10-11)19-15-6-2-5-13-12(15)4-3-9-17-13/h2-6,9,11,14,16,18H,7-8,10H2,1H3. The summed E-state index contributed by atoms with van der Waals surface area (Å²) in [4.78, 5) is 4.33. The van der Waals surface area contributed by atoms with Crippen LogP contribution in [0.15, 0.2) is 36.5 Å². The predicted octanol–water partition coefficient (Wildman–Crippen LogP) is 3.16. The van der Waals surface area contributed by atoms with Crippen LogP contribution in [0.25, 0.3) is 10.9 Å². The molecule has 19 heavy (non-hydrogen) atoms. The number of rotatable bonds is 2. The maximum absolute atomic E-state index is 10.1. The quantitative estimate of drug-likeness (QED) is 0.898. The van der Waals surface area contributed by atoms with E-state index in [-0.39, 0.29) is 12.2 Å². The lowest BCUT2D eigenvalue weighted by molar-refractivity contribution is -0.00683. The molecule has 0 amide bonds. The number of aromatic nitrogens is 1. The first kappa shape index (κ1) is 12.4. The number of aliphatic hydroxyl groups excluding tert-OH is 1. The van der Waals surface area contributed by atoms with Crippen LogP contribution in [-0.4, -0.2) is 22.3 Å². The number of fused-ring (bicyclic) bond motifs is 1. The Bertz CT molecular complexity index is 564. The van der Waals surface area contributed by atoms with Crippen molar-refractivity contribution in [3.63, 3.8) is 0 Å². The van der Waals surface area contributed by atoms with Gasteiger partial charge < -0.3 is 9.84 Å². The van der Waals surface area contributed by atoms with Crippen molar-refractivity contribution in [2.45, 2.75) is 38.4 Å². The van der Waals surface area contributed by atoms with Crippen molar-refractivity contribution < 1.29 is 9.84 Å². The van der Waals surface area contributed by atoms with Crippen LogP contribution in [0.3, 0.4) is 0 Å². The van der Waals surface area contributed by atoms with E-state index in [2.05, 4.69) is 11.9 Å². The first-order valence-corrected chi connectivity index (χ1v) is 6.92. The molecule has 1 fully saturated rings. The molecular formula is C16H19NO2. The summed E-state index contributed by atoms with van der Waals surface area (Å²) in [6.07, 6.45) is 4.15. The molecule has 1 saturated carbocycles. The zero-order chi connectivity index (χ0) is 13.2. The maximum atomic E-state index is 10.1. The van der Waals surface area contributed by atoms with E-state index in [1.54, 1.807) is 6.20 Å². The summed E-state index contributed by atoms with van der Waals surface area (Å²) in [7, 11) is 0. The number of benzene rings is 1. The van der Waals surface area contributed by atoms with Gasteiger partial charge in [-0.2, -0.15) is 0 Å². The second-order valence-electron chi connectivity index (χ2n) is 5.47. The second-order valence-corrected chi connectivity index (χ2v) is 5.47. The maximum Gasteiger partial charge on any atom is 0.129 e. The molecular weight excluding hydrogens is 238 g/mol. The van der Waals surface area contributed by atoms with Gasteiger partial charge in [0.25, 0.3) is 0 Å². The molecule has 3 heteroatoms. The van der Waals surface area contributed by atoms with Crippen molar-refractivity contribution in [2.75, 3.05) is 0 Å². The molecule has 1 aromatic carbocycles. The Balaban J connectivity index is 1.88. The molecule has 0 bridgehead atoms. The molecule has 1 aromatic heterocycles. The molecule has 3 atom stereocenters. The van der Waals surface area contributed by atoms with Crippen molar-refractivity contribution in [1.82, 2.24) is 4.98 Å². The van der Waals surface area contributed by atoms with Gasteiger partial charge in [0.1, 0.15) is 11.9 Å². The van der Waals surface area contributed by atoms with E-state index >= 15 is 0 Å².